The van der Waals surface area contributed by atoms with Crippen molar-refractivity contribution in [3.05, 3.63) is 23.8 Å². The summed E-state index contributed by atoms with van der Waals surface area (Å²) >= 11 is 0. The normalized spacial score (nSPS) is 19.6. The van der Waals surface area contributed by atoms with E-state index in [4.69, 9.17) is 15.2 Å². The highest BCUT2D eigenvalue weighted by Crippen LogP contribution is 2.30. The van der Waals surface area contributed by atoms with Crippen LogP contribution in [0.25, 0.3) is 0 Å². The quantitative estimate of drug-likeness (QED) is 0.903. The van der Waals surface area contributed by atoms with Gasteiger partial charge in [-0.1, -0.05) is 6.07 Å². The van der Waals surface area contributed by atoms with E-state index in [9.17, 15) is 4.79 Å². The highest BCUT2D eigenvalue weighted by atomic mass is 16.5. The number of hydrogen-bond donors (Lipinski definition) is 1. The lowest BCUT2D eigenvalue weighted by atomic mass is 9.96. The maximum atomic E-state index is 12.8. The first-order valence-electron chi connectivity index (χ1n) is 7.83. The molecule has 2 atom stereocenters. The van der Waals surface area contributed by atoms with Crippen LogP contribution < -0.4 is 15.2 Å². The van der Waals surface area contributed by atoms with Crippen LogP contribution in [0.4, 0.5) is 0 Å². The second kappa shape index (κ2) is 7.49. The largest absolute Gasteiger partial charge is 0.496 e. The van der Waals surface area contributed by atoms with Crippen molar-refractivity contribution < 1.29 is 14.3 Å². The van der Waals surface area contributed by atoms with E-state index < -0.39 is 0 Å². The summed E-state index contributed by atoms with van der Waals surface area (Å²) in [5, 5.41) is 0. The Bertz CT molecular complexity index is 494. The van der Waals surface area contributed by atoms with Crippen LogP contribution in [0.3, 0.4) is 0 Å². The number of carbonyl (C=O) groups is 1. The molecule has 2 rings (SSSR count). The van der Waals surface area contributed by atoms with Gasteiger partial charge in [0, 0.05) is 24.2 Å². The third kappa shape index (κ3) is 3.53. The van der Waals surface area contributed by atoms with Crippen molar-refractivity contribution in [2.45, 2.75) is 44.7 Å². The van der Waals surface area contributed by atoms with Crippen molar-refractivity contribution in [1.82, 2.24) is 4.90 Å². The fourth-order valence-corrected chi connectivity index (χ4v) is 3.17. The molecule has 1 saturated heterocycles. The first-order chi connectivity index (χ1) is 10.6. The summed E-state index contributed by atoms with van der Waals surface area (Å²) in [6, 6.07) is 5.68. The fourth-order valence-electron chi connectivity index (χ4n) is 3.17. The number of likely N-dealkylation sites (tertiary alicyclic amines) is 1. The minimum absolute atomic E-state index is 0.0104. The maximum absolute atomic E-state index is 12.8. The summed E-state index contributed by atoms with van der Waals surface area (Å²) < 4.78 is 10.7. The summed E-state index contributed by atoms with van der Waals surface area (Å²) in [6.07, 6.45) is 3.43. The predicted molar refractivity (Wildman–Crippen MR) is 86.3 cm³/mol. The van der Waals surface area contributed by atoms with Gasteiger partial charge in [-0.3, -0.25) is 4.79 Å². The molecule has 0 bridgehead atoms. The van der Waals surface area contributed by atoms with Crippen LogP contribution >= 0.6 is 0 Å². The number of benzene rings is 1. The van der Waals surface area contributed by atoms with Crippen LogP contribution in [0, 0.1) is 0 Å². The van der Waals surface area contributed by atoms with Crippen molar-refractivity contribution in [2.24, 2.45) is 5.73 Å². The summed E-state index contributed by atoms with van der Waals surface area (Å²) in [7, 11) is 3.21. The number of carbonyl (C=O) groups excluding carboxylic acids is 1. The molecule has 5 nitrogen and oxygen atoms in total. The van der Waals surface area contributed by atoms with Gasteiger partial charge in [-0.05, 0) is 38.3 Å². The second-order valence-electron chi connectivity index (χ2n) is 5.83. The Morgan fingerprint density at radius 3 is 2.50 bits per heavy atom. The Hall–Kier alpha value is -1.75. The van der Waals surface area contributed by atoms with Crippen molar-refractivity contribution >= 4 is 5.91 Å². The summed E-state index contributed by atoms with van der Waals surface area (Å²) in [6.45, 7) is 2.75. The molecule has 2 N–H and O–H groups in total. The van der Waals surface area contributed by atoms with Crippen molar-refractivity contribution in [3.63, 3.8) is 0 Å². The first kappa shape index (κ1) is 16.6. The van der Waals surface area contributed by atoms with E-state index in [0.717, 1.165) is 31.4 Å². The van der Waals surface area contributed by atoms with E-state index in [2.05, 4.69) is 0 Å². The van der Waals surface area contributed by atoms with Gasteiger partial charge in [-0.15, -0.1) is 0 Å². The minimum atomic E-state index is -0.0104. The Morgan fingerprint density at radius 1 is 1.32 bits per heavy atom. The molecule has 5 heteroatoms. The molecule has 1 heterocycles. The van der Waals surface area contributed by atoms with Gasteiger partial charge in [0.05, 0.1) is 20.6 Å². The zero-order valence-electron chi connectivity index (χ0n) is 13.7. The Labute approximate surface area is 132 Å². The lowest BCUT2D eigenvalue weighted by Crippen LogP contribution is -2.52. The standard InChI is InChI=1S/C17H26N2O3/c1-12(18)14-7-4-5-10-19(14)17(20)11-13-15(21-2)8-6-9-16(13)22-3/h6,8-9,12,14H,4-5,7,10-11,18H2,1-3H3. The molecular weight excluding hydrogens is 280 g/mol. The molecule has 1 aromatic rings. The predicted octanol–water partition coefficient (Wildman–Crippen LogP) is 1.97. The van der Waals surface area contributed by atoms with Gasteiger partial charge in [0.25, 0.3) is 0 Å². The Balaban J connectivity index is 2.21. The highest BCUT2D eigenvalue weighted by Gasteiger charge is 2.30. The number of amides is 1. The van der Waals surface area contributed by atoms with Gasteiger partial charge in [0.2, 0.25) is 5.91 Å². The third-order valence-corrected chi connectivity index (χ3v) is 4.33. The van der Waals surface area contributed by atoms with Crippen LogP contribution in [0.1, 0.15) is 31.7 Å². The van der Waals surface area contributed by atoms with Crippen molar-refractivity contribution in [3.8, 4) is 11.5 Å². The lowest BCUT2D eigenvalue weighted by molar-refractivity contribution is -0.134. The molecule has 0 saturated carbocycles. The fraction of sp³-hybridized carbons (Fsp3) is 0.588. The second-order valence-corrected chi connectivity index (χ2v) is 5.83. The lowest BCUT2D eigenvalue weighted by Gasteiger charge is -2.38. The van der Waals surface area contributed by atoms with Crippen LogP contribution in [-0.2, 0) is 11.2 Å². The molecule has 1 aliphatic rings. The minimum Gasteiger partial charge on any atom is -0.496 e. The number of methoxy groups -OCH3 is 2. The van der Waals surface area contributed by atoms with E-state index in [0.29, 0.717) is 11.5 Å². The average molecular weight is 306 g/mol. The first-order valence-corrected chi connectivity index (χ1v) is 7.83. The van der Waals surface area contributed by atoms with Crippen LogP contribution in [0.2, 0.25) is 0 Å². The summed E-state index contributed by atoms with van der Waals surface area (Å²) in [5.41, 5.74) is 6.86. The average Bonchev–Trinajstić information content (AvgIpc) is 2.54. The molecule has 122 valence electrons. The van der Waals surface area contributed by atoms with E-state index in [-0.39, 0.29) is 24.4 Å². The number of hydrogen-bond acceptors (Lipinski definition) is 4. The number of piperidine rings is 1. The zero-order chi connectivity index (χ0) is 16.1. The van der Waals surface area contributed by atoms with Crippen molar-refractivity contribution in [2.75, 3.05) is 20.8 Å². The van der Waals surface area contributed by atoms with Gasteiger partial charge in [-0.2, -0.15) is 0 Å². The number of rotatable bonds is 5. The topological polar surface area (TPSA) is 64.8 Å². The Morgan fingerprint density at radius 2 is 1.95 bits per heavy atom. The van der Waals surface area contributed by atoms with E-state index >= 15 is 0 Å². The van der Waals surface area contributed by atoms with Gasteiger partial charge in [0.1, 0.15) is 11.5 Å². The summed E-state index contributed by atoms with van der Waals surface area (Å²) in [5.74, 6) is 1.45. The van der Waals surface area contributed by atoms with Crippen LogP contribution in [0.5, 0.6) is 11.5 Å². The van der Waals surface area contributed by atoms with E-state index in [1.807, 2.05) is 30.0 Å². The molecule has 1 fully saturated rings. The van der Waals surface area contributed by atoms with E-state index in [1.54, 1.807) is 14.2 Å². The number of nitrogens with two attached hydrogens (primary N) is 1. The molecule has 0 aliphatic carbocycles. The maximum Gasteiger partial charge on any atom is 0.227 e. The summed E-state index contributed by atoms with van der Waals surface area (Å²) in [4.78, 5) is 14.7. The smallest absolute Gasteiger partial charge is 0.227 e. The SMILES string of the molecule is COc1cccc(OC)c1CC(=O)N1CCCCC1C(C)N. The Kier molecular flexibility index (Phi) is 5.66. The molecule has 1 aliphatic heterocycles. The molecule has 0 aromatic heterocycles. The zero-order valence-corrected chi connectivity index (χ0v) is 13.7. The molecular formula is C17H26N2O3. The number of ether oxygens (including phenoxy) is 2. The molecule has 1 amide bonds. The monoisotopic (exact) mass is 306 g/mol. The molecule has 1 aromatic carbocycles. The molecule has 0 radical (unpaired) electrons. The van der Waals surface area contributed by atoms with E-state index in [1.165, 1.54) is 0 Å². The van der Waals surface area contributed by atoms with Crippen LogP contribution in [0.15, 0.2) is 18.2 Å². The van der Waals surface area contributed by atoms with Gasteiger partial charge in [-0.25, -0.2) is 0 Å². The van der Waals surface area contributed by atoms with Gasteiger partial charge in [0.15, 0.2) is 0 Å². The highest BCUT2D eigenvalue weighted by molar-refractivity contribution is 5.81. The molecule has 22 heavy (non-hydrogen) atoms. The molecule has 2 unspecified atom stereocenters. The van der Waals surface area contributed by atoms with Crippen LogP contribution in [-0.4, -0.2) is 43.7 Å². The third-order valence-electron chi connectivity index (χ3n) is 4.33. The van der Waals surface area contributed by atoms with Crippen molar-refractivity contribution in [1.29, 1.82) is 0 Å². The van der Waals surface area contributed by atoms with Gasteiger partial charge < -0.3 is 20.1 Å². The van der Waals surface area contributed by atoms with Gasteiger partial charge >= 0.3 is 0 Å². The number of nitrogens with zero attached hydrogens (tertiary/aromatic N) is 1. The molecule has 0 spiro atoms.